The van der Waals surface area contributed by atoms with Gasteiger partial charge in [0.25, 0.3) is 0 Å². The highest BCUT2D eigenvalue weighted by atomic mass is 35.5. The summed E-state index contributed by atoms with van der Waals surface area (Å²) in [6.45, 7) is 5.53. The second-order valence-electron chi connectivity index (χ2n) is 6.94. The fourth-order valence-corrected chi connectivity index (χ4v) is 3.35. The number of aromatic hydroxyl groups is 1. The third kappa shape index (κ3) is 4.04. The number of methoxy groups -OCH3 is 1. The molecule has 118 valence electrons. The van der Waals surface area contributed by atoms with Crippen LogP contribution in [0.5, 0.6) is 11.5 Å². The fourth-order valence-electron chi connectivity index (χ4n) is 3.12. The monoisotopic (exact) mass is 311 g/mol. The van der Waals surface area contributed by atoms with Crippen molar-refractivity contribution in [3.63, 3.8) is 0 Å². The van der Waals surface area contributed by atoms with Gasteiger partial charge in [-0.05, 0) is 55.8 Å². The molecule has 0 heterocycles. The smallest absolute Gasteiger partial charge is 0.176 e. The molecule has 0 amide bonds. The summed E-state index contributed by atoms with van der Waals surface area (Å²) in [5, 5.41) is 10.1. The first-order valence-electron chi connectivity index (χ1n) is 7.58. The first-order chi connectivity index (χ1) is 9.82. The van der Waals surface area contributed by atoms with Crippen molar-refractivity contribution >= 4 is 11.6 Å². The number of rotatable bonds is 4. The van der Waals surface area contributed by atoms with Crippen LogP contribution >= 0.6 is 11.6 Å². The molecule has 1 N–H and O–H groups in total. The Morgan fingerprint density at radius 2 is 1.95 bits per heavy atom. The minimum atomic E-state index is 0.0185. The van der Waals surface area contributed by atoms with Crippen molar-refractivity contribution in [2.75, 3.05) is 14.2 Å². The largest absolute Gasteiger partial charge is 0.503 e. The van der Waals surface area contributed by atoms with E-state index in [0.717, 1.165) is 12.1 Å². The molecule has 1 aliphatic rings. The average Bonchev–Trinajstić information content (AvgIpc) is 2.42. The molecular formula is C17H26ClNO2. The van der Waals surface area contributed by atoms with Crippen molar-refractivity contribution in [3.8, 4) is 11.5 Å². The minimum absolute atomic E-state index is 0.0185. The summed E-state index contributed by atoms with van der Waals surface area (Å²) in [4.78, 5) is 2.39. The van der Waals surface area contributed by atoms with Gasteiger partial charge in [-0.2, -0.15) is 0 Å². The zero-order chi connectivity index (χ0) is 15.6. The fraction of sp³-hybridized carbons (Fsp3) is 0.647. The van der Waals surface area contributed by atoms with E-state index in [-0.39, 0.29) is 5.75 Å². The van der Waals surface area contributed by atoms with Gasteiger partial charge in [-0.1, -0.05) is 25.4 Å². The maximum Gasteiger partial charge on any atom is 0.176 e. The van der Waals surface area contributed by atoms with E-state index in [0.29, 0.717) is 22.2 Å². The highest BCUT2D eigenvalue weighted by Gasteiger charge is 2.28. The van der Waals surface area contributed by atoms with Crippen LogP contribution in [0.3, 0.4) is 0 Å². The summed E-state index contributed by atoms with van der Waals surface area (Å²) >= 11 is 6.06. The third-order valence-corrected chi connectivity index (χ3v) is 4.96. The molecule has 2 rings (SSSR count). The van der Waals surface area contributed by atoms with Gasteiger partial charge in [-0.15, -0.1) is 0 Å². The lowest BCUT2D eigenvalue weighted by Crippen LogP contribution is -2.36. The van der Waals surface area contributed by atoms with Gasteiger partial charge < -0.3 is 9.84 Å². The van der Waals surface area contributed by atoms with Crippen LogP contribution in [-0.4, -0.2) is 30.2 Å². The van der Waals surface area contributed by atoms with E-state index in [2.05, 4.69) is 25.8 Å². The number of nitrogens with zero attached hydrogens (tertiary/aromatic N) is 1. The first-order valence-corrected chi connectivity index (χ1v) is 7.96. The SMILES string of the molecule is COc1cc(CN(C)C2CCC(C)(C)CC2)cc(Cl)c1O. The van der Waals surface area contributed by atoms with Crippen LogP contribution in [0.25, 0.3) is 0 Å². The maximum atomic E-state index is 9.79. The summed E-state index contributed by atoms with van der Waals surface area (Å²) in [5.74, 6) is 0.459. The lowest BCUT2D eigenvalue weighted by molar-refractivity contribution is 0.123. The van der Waals surface area contributed by atoms with Gasteiger partial charge in [0.2, 0.25) is 0 Å². The summed E-state index contributed by atoms with van der Waals surface area (Å²) < 4.78 is 5.17. The quantitative estimate of drug-likeness (QED) is 0.891. The molecule has 21 heavy (non-hydrogen) atoms. The molecule has 0 radical (unpaired) electrons. The number of hydrogen-bond acceptors (Lipinski definition) is 3. The molecule has 1 saturated carbocycles. The van der Waals surface area contributed by atoms with E-state index in [1.165, 1.54) is 25.7 Å². The molecule has 1 aromatic carbocycles. The molecular weight excluding hydrogens is 286 g/mol. The molecule has 4 heteroatoms. The molecule has 0 aromatic heterocycles. The molecule has 0 unspecified atom stereocenters. The number of ether oxygens (including phenoxy) is 1. The van der Waals surface area contributed by atoms with Crippen LogP contribution in [0, 0.1) is 5.41 Å². The van der Waals surface area contributed by atoms with E-state index in [1.54, 1.807) is 7.11 Å². The summed E-state index contributed by atoms with van der Waals surface area (Å²) in [5.41, 5.74) is 1.56. The molecule has 1 aliphatic carbocycles. The van der Waals surface area contributed by atoms with Gasteiger partial charge >= 0.3 is 0 Å². The second-order valence-corrected chi connectivity index (χ2v) is 7.35. The maximum absolute atomic E-state index is 9.79. The van der Waals surface area contributed by atoms with Gasteiger partial charge in [-0.3, -0.25) is 4.90 Å². The number of hydrogen-bond donors (Lipinski definition) is 1. The summed E-state index contributed by atoms with van der Waals surface area (Å²) in [7, 11) is 3.71. The molecule has 0 bridgehead atoms. The van der Waals surface area contributed by atoms with Crippen molar-refractivity contribution in [1.82, 2.24) is 4.90 Å². The Bertz CT molecular complexity index is 492. The predicted octanol–water partition coefficient (Wildman–Crippen LogP) is 4.45. The van der Waals surface area contributed by atoms with Gasteiger partial charge in [0, 0.05) is 12.6 Å². The average molecular weight is 312 g/mol. The van der Waals surface area contributed by atoms with E-state index in [1.807, 2.05) is 12.1 Å². The number of benzene rings is 1. The van der Waals surface area contributed by atoms with Crippen LogP contribution < -0.4 is 4.74 Å². The predicted molar refractivity (Wildman–Crippen MR) is 87.2 cm³/mol. The van der Waals surface area contributed by atoms with Crippen LogP contribution in [0.4, 0.5) is 0 Å². The molecule has 0 atom stereocenters. The number of phenols is 1. The van der Waals surface area contributed by atoms with Gasteiger partial charge in [0.1, 0.15) is 0 Å². The summed E-state index contributed by atoms with van der Waals surface area (Å²) in [6, 6.07) is 4.31. The number of halogens is 1. The Kier molecular flexibility index (Phi) is 5.05. The molecule has 3 nitrogen and oxygen atoms in total. The first kappa shape index (κ1) is 16.4. The van der Waals surface area contributed by atoms with Crippen molar-refractivity contribution < 1.29 is 9.84 Å². The lowest BCUT2D eigenvalue weighted by Gasteiger charge is -2.38. The topological polar surface area (TPSA) is 32.7 Å². The Hall–Kier alpha value is -0.930. The Morgan fingerprint density at radius 3 is 2.52 bits per heavy atom. The molecule has 0 spiro atoms. The van der Waals surface area contributed by atoms with Crippen molar-refractivity contribution in [2.24, 2.45) is 5.41 Å². The van der Waals surface area contributed by atoms with Crippen LogP contribution in [-0.2, 0) is 6.54 Å². The van der Waals surface area contributed by atoms with Crippen molar-refractivity contribution in [3.05, 3.63) is 22.7 Å². The second kappa shape index (κ2) is 6.45. The van der Waals surface area contributed by atoms with E-state index >= 15 is 0 Å². The van der Waals surface area contributed by atoms with Crippen LogP contribution in [0.1, 0.15) is 45.1 Å². The molecule has 0 saturated heterocycles. The molecule has 1 fully saturated rings. The van der Waals surface area contributed by atoms with Gasteiger partial charge in [-0.25, -0.2) is 0 Å². The van der Waals surface area contributed by atoms with E-state index < -0.39 is 0 Å². The Balaban J connectivity index is 2.03. The van der Waals surface area contributed by atoms with E-state index in [4.69, 9.17) is 16.3 Å². The van der Waals surface area contributed by atoms with E-state index in [9.17, 15) is 5.11 Å². The summed E-state index contributed by atoms with van der Waals surface area (Å²) in [6.07, 6.45) is 5.04. The van der Waals surface area contributed by atoms with Crippen LogP contribution in [0.15, 0.2) is 12.1 Å². The van der Waals surface area contributed by atoms with Crippen LogP contribution in [0.2, 0.25) is 5.02 Å². The standard InChI is InChI=1S/C17H26ClNO2/c1-17(2)7-5-13(6-8-17)19(3)11-12-9-14(18)16(20)15(10-12)21-4/h9-10,13,20H,5-8,11H2,1-4H3. The third-order valence-electron chi connectivity index (χ3n) is 4.67. The van der Waals surface area contributed by atoms with Gasteiger partial charge in [0.05, 0.1) is 12.1 Å². The molecule has 1 aromatic rings. The lowest BCUT2D eigenvalue weighted by atomic mass is 9.75. The minimum Gasteiger partial charge on any atom is -0.503 e. The Morgan fingerprint density at radius 1 is 1.33 bits per heavy atom. The highest BCUT2D eigenvalue weighted by molar-refractivity contribution is 6.32. The van der Waals surface area contributed by atoms with Crippen molar-refractivity contribution in [2.45, 2.75) is 52.1 Å². The Labute approximate surface area is 132 Å². The highest BCUT2D eigenvalue weighted by Crippen LogP contribution is 2.38. The zero-order valence-corrected chi connectivity index (χ0v) is 14.2. The number of phenolic OH excluding ortho intramolecular Hbond substituents is 1. The molecule has 0 aliphatic heterocycles. The normalized spacial score (nSPS) is 19.0. The zero-order valence-electron chi connectivity index (χ0n) is 13.4. The van der Waals surface area contributed by atoms with Gasteiger partial charge in [0.15, 0.2) is 11.5 Å². The van der Waals surface area contributed by atoms with Crippen molar-refractivity contribution in [1.29, 1.82) is 0 Å².